The molecule has 0 fully saturated rings. The number of benzene rings is 9. The molecule has 1 aliphatic carbocycles. The van der Waals surface area contributed by atoms with Gasteiger partial charge < -0.3 is 0 Å². The molecule has 0 amide bonds. The molecule has 0 spiro atoms. The predicted molar refractivity (Wildman–Crippen MR) is 252 cm³/mol. The highest BCUT2D eigenvalue weighted by Gasteiger charge is 2.45. The van der Waals surface area contributed by atoms with Crippen LogP contribution in [0.5, 0.6) is 0 Å². The Labute approximate surface area is 357 Å². The van der Waals surface area contributed by atoms with E-state index in [1.165, 1.54) is 50.1 Å². The largest absolute Gasteiger partial charge is 0.228 e. The Bertz CT molecular complexity index is 3010. The Morgan fingerprint density at radius 1 is 0.246 bits per heavy atom. The van der Waals surface area contributed by atoms with Crippen LogP contribution in [0, 0.1) is 0 Å². The lowest BCUT2D eigenvalue weighted by atomic mass is 9.67. The van der Waals surface area contributed by atoms with Crippen LogP contribution >= 0.6 is 0 Å². The fourth-order valence-corrected chi connectivity index (χ4v) is 9.28. The van der Waals surface area contributed by atoms with E-state index in [1.54, 1.807) is 0 Å². The Balaban J connectivity index is 1.03. The summed E-state index contributed by atoms with van der Waals surface area (Å²) < 4.78 is 0. The Morgan fingerprint density at radius 2 is 0.639 bits per heavy atom. The predicted octanol–water partition coefficient (Wildman–Crippen LogP) is 14.8. The van der Waals surface area contributed by atoms with Crippen molar-refractivity contribution in [1.82, 2.24) is 9.97 Å². The van der Waals surface area contributed by atoms with Gasteiger partial charge in [-0.25, -0.2) is 9.97 Å². The van der Waals surface area contributed by atoms with Crippen LogP contribution in [0.25, 0.3) is 78.4 Å². The highest BCUT2D eigenvalue weighted by Crippen LogP contribution is 2.56. The monoisotopic (exact) mass is 776 g/mol. The summed E-state index contributed by atoms with van der Waals surface area (Å²) >= 11 is 0. The molecular formula is C59H40N2. The topological polar surface area (TPSA) is 25.8 Å². The second kappa shape index (κ2) is 15.3. The molecule has 2 heteroatoms. The first-order chi connectivity index (χ1) is 30.2. The van der Waals surface area contributed by atoms with Crippen molar-refractivity contribution in [2.24, 2.45) is 0 Å². The third-order valence-electron chi connectivity index (χ3n) is 12.2. The quantitative estimate of drug-likeness (QED) is 0.154. The molecule has 2 nitrogen and oxygen atoms in total. The number of hydrogen-bond donors (Lipinski definition) is 0. The van der Waals surface area contributed by atoms with Gasteiger partial charge in [0.05, 0.1) is 16.8 Å². The number of hydrogen-bond acceptors (Lipinski definition) is 2. The second-order valence-corrected chi connectivity index (χ2v) is 15.7. The first-order valence-corrected chi connectivity index (χ1v) is 20.9. The maximum atomic E-state index is 5.27. The molecule has 61 heavy (non-hydrogen) atoms. The molecule has 0 atom stereocenters. The van der Waals surface area contributed by atoms with Crippen molar-refractivity contribution in [3.8, 4) is 78.4 Å². The maximum absolute atomic E-state index is 5.27. The molecular weight excluding hydrogens is 737 g/mol. The van der Waals surface area contributed by atoms with Crippen molar-refractivity contribution in [1.29, 1.82) is 0 Å². The lowest BCUT2D eigenvalue weighted by Crippen LogP contribution is -2.28. The van der Waals surface area contributed by atoms with Crippen LogP contribution in [-0.2, 0) is 5.41 Å². The third-order valence-corrected chi connectivity index (χ3v) is 12.2. The fraction of sp³-hybridized carbons (Fsp3) is 0.0169. The molecule has 9 aromatic carbocycles. The first kappa shape index (κ1) is 36.2. The third kappa shape index (κ3) is 6.46. The zero-order chi connectivity index (χ0) is 40.6. The summed E-state index contributed by atoms with van der Waals surface area (Å²) in [5, 5.41) is 0. The molecule has 1 aliphatic rings. The van der Waals surface area contributed by atoms with Crippen LogP contribution < -0.4 is 0 Å². The van der Waals surface area contributed by atoms with E-state index < -0.39 is 5.41 Å². The smallest absolute Gasteiger partial charge is 0.160 e. The molecule has 1 heterocycles. The first-order valence-electron chi connectivity index (χ1n) is 20.9. The zero-order valence-electron chi connectivity index (χ0n) is 33.5. The van der Waals surface area contributed by atoms with Gasteiger partial charge in [0.25, 0.3) is 0 Å². The van der Waals surface area contributed by atoms with E-state index in [0.717, 1.165) is 44.8 Å². The molecule has 0 N–H and O–H groups in total. The van der Waals surface area contributed by atoms with Crippen molar-refractivity contribution in [3.63, 3.8) is 0 Å². The van der Waals surface area contributed by atoms with E-state index in [-0.39, 0.29) is 0 Å². The molecule has 0 bridgehead atoms. The Kier molecular flexibility index (Phi) is 9.09. The lowest BCUT2D eigenvalue weighted by molar-refractivity contribution is 0.769. The number of fused-ring (bicyclic) bond motifs is 3. The lowest BCUT2D eigenvalue weighted by Gasteiger charge is -2.34. The van der Waals surface area contributed by atoms with Gasteiger partial charge in [0, 0.05) is 16.7 Å². The Hall–Kier alpha value is -7.94. The van der Waals surface area contributed by atoms with E-state index in [2.05, 4.69) is 237 Å². The van der Waals surface area contributed by atoms with E-state index >= 15 is 0 Å². The summed E-state index contributed by atoms with van der Waals surface area (Å²) in [5.41, 5.74) is 19.0. The standard InChI is InChI=1S/C59H40N2/c1-4-16-41(17-5-1)43-30-34-45(35-31-43)56-40-57(61-58(60-56)46-36-32-44(33-37-46)42-18-6-2-7-19-42)49-22-14-20-47(38-49)48-21-15-25-51(39-48)59(50-23-8-3-9-24-50)54-28-12-10-26-52(54)53-27-11-13-29-55(53)59/h1-40H. The maximum Gasteiger partial charge on any atom is 0.160 e. The summed E-state index contributed by atoms with van der Waals surface area (Å²) in [6.45, 7) is 0. The van der Waals surface area contributed by atoms with Gasteiger partial charge in [-0.15, -0.1) is 0 Å². The molecule has 0 saturated heterocycles. The van der Waals surface area contributed by atoms with Gasteiger partial charge >= 0.3 is 0 Å². The molecule has 0 radical (unpaired) electrons. The summed E-state index contributed by atoms with van der Waals surface area (Å²) in [4.78, 5) is 10.5. The summed E-state index contributed by atoms with van der Waals surface area (Å²) in [5.74, 6) is 0.690. The minimum Gasteiger partial charge on any atom is -0.228 e. The average molecular weight is 777 g/mol. The second-order valence-electron chi connectivity index (χ2n) is 15.7. The van der Waals surface area contributed by atoms with Gasteiger partial charge in [-0.2, -0.15) is 0 Å². The van der Waals surface area contributed by atoms with Crippen molar-refractivity contribution in [2.45, 2.75) is 5.41 Å². The van der Waals surface area contributed by atoms with Gasteiger partial charge in [-0.3, -0.25) is 0 Å². The van der Waals surface area contributed by atoms with Gasteiger partial charge in [0.15, 0.2) is 5.82 Å². The van der Waals surface area contributed by atoms with Gasteiger partial charge in [-0.1, -0.05) is 224 Å². The molecule has 1 aromatic heterocycles. The molecule has 10 aromatic rings. The van der Waals surface area contributed by atoms with Gasteiger partial charge in [0.1, 0.15) is 0 Å². The summed E-state index contributed by atoms with van der Waals surface area (Å²) in [6.07, 6.45) is 0. The van der Waals surface area contributed by atoms with Gasteiger partial charge in [-0.05, 0) is 85.0 Å². The van der Waals surface area contributed by atoms with E-state index in [4.69, 9.17) is 9.97 Å². The SMILES string of the molecule is c1ccc(-c2ccc(-c3cc(-c4cccc(-c5cccc(C6(c7ccccc7)c7ccccc7-c7ccccc76)c5)c4)nc(-c4ccc(-c5ccccc5)cc4)n3)cc2)cc1. The molecule has 0 aliphatic heterocycles. The van der Waals surface area contributed by atoms with E-state index in [0.29, 0.717) is 5.82 Å². The molecule has 11 rings (SSSR count). The average Bonchev–Trinajstić information content (AvgIpc) is 3.66. The molecule has 0 saturated carbocycles. The van der Waals surface area contributed by atoms with Crippen LogP contribution in [0.4, 0.5) is 0 Å². The zero-order valence-corrected chi connectivity index (χ0v) is 33.5. The van der Waals surface area contributed by atoms with E-state index in [1.807, 2.05) is 6.07 Å². The van der Waals surface area contributed by atoms with E-state index in [9.17, 15) is 0 Å². The summed E-state index contributed by atoms with van der Waals surface area (Å²) in [7, 11) is 0. The highest BCUT2D eigenvalue weighted by atomic mass is 14.9. The molecule has 0 unspecified atom stereocenters. The molecule has 286 valence electrons. The highest BCUT2D eigenvalue weighted by molar-refractivity contribution is 5.87. The van der Waals surface area contributed by atoms with Crippen LogP contribution in [0.15, 0.2) is 243 Å². The van der Waals surface area contributed by atoms with Crippen LogP contribution in [0.3, 0.4) is 0 Å². The summed E-state index contributed by atoms with van der Waals surface area (Å²) in [6, 6.07) is 87.1. The minimum atomic E-state index is -0.468. The van der Waals surface area contributed by atoms with Crippen molar-refractivity contribution < 1.29 is 0 Å². The van der Waals surface area contributed by atoms with Crippen molar-refractivity contribution in [3.05, 3.63) is 265 Å². The van der Waals surface area contributed by atoms with Crippen LogP contribution in [-0.4, -0.2) is 9.97 Å². The van der Waals surface area contributed by atoms with Crippen LogP contribution in [0.1, 0.15) is 22.3 Å². The fourth-order valence-electron chi connectivity index (χ4n) is 9.28. The number of rotatable bonds is 8. The van der Waals surface area contributed by atoms with Gasteiger partial charge in [0.2, 0.25) is 0 Å². The Morgan fingerprint density at radius 3 is 1.23 bits per heavy atom. The van der Waals surface area contributed by atoms with Crippen LogP contribution in [0.2, 0.25) is 0 Å². The van der Waals surface area contributed by atoms with Crippen molar-refractivity contribution >= 4 is 0 Å². The van der Waals surface area contributed by atoms with Crippen molar-refractivity contribution in [2.75, 3.05) is 0 Å². The minimum absolute atomic E-state index is 0.468. The number of aromatic nitrogens is 2. The normalized spacial score (nSPS) is 12.4. The number of nitrogens with zero attached hydrogens (tertiary/aromatic N) is 2.